The molecule has 4 aromatic carbocycles. The number of nitrogens with zero attached hydrogens (tertiary/aromatic N) is 4. The van der Waals surface area contributed by atoms with E-state index in [0.29, 0.717) is 22.7 Å². The molecule has 0 aliphatic rings. The number of rotatable bonds is 4. The third kappa shape index (κ3) is 12.0. The number of nitro groups is 4. The first-order valence-corrected chi connectivity index (χ1v) is 12.7. The van der Waals surface area contributed by atoms with Gasteiger partial charge in [0, 0.05) is 47.0 Å². The molecule has 0 saturated heterocycles. The highest BCUT2D eigenvalue weighted by Crippen LogP contribution is 2.28. The molecule has 0 aliphatic heterocycles. The highest BCUT2D eigenvalue weighted by Gasteiger charge is 2.13. The zero-order chi connectivity index (χ0) is 33.7. The smallest absolute Gasteiger partial charge is 0.289 e. The Hall–Kier alpha value is -5.16. The molecule has 4 rings (SSSR count). The number of anilines is 4. The minimum absolute atomic E-state index is 0.101. The average molecular weight is 690 g/mol. The van der Waals surface area contributed by atoms with Gasteiger partial charge in [-0.25, -0.2) is 0 Å². The lowest BCUT2D eigenvalue weighted by Gasteiger charge is -1.95. The van der Waals surface area contributed by atoms with Crippen LogP contribution in [0.15, 0.2) is 72.8 Å². The molecule has 4 aromatic rings. The summed E-state index contributed by atoms with van der Waals surface area (Å²) in [5.74, 6) is 0. The number of nitro benzene ring substituents is 4. The van der Waals surface area contributed by atoms with Gasteiger partial charge >= 0.3 is 0 Å². The summed E-state index contributed by atoms with van der Waals surface area (Å²) < 4.78 is 0. The molecule has 20 heteroatoms. The monoisotopic (exact) mass is 688 g/mol. The number of nitrogen functional groups attached to an aromatic ring is 4. The molecule has 8 N–H and O–H groups in total. The predicted octanol–water partition coefficient (Wildman–Crippen LogP) is 7.32. The largest absolute Gasteiger partial charge is 0.399 e. The zero-order valence-electron chi connectivity index (χ0n) is 21.8. The molecule has 0 aromatic heterocycles. The Morgan fingerprint density at radius 2 is 0.545 bits per heavy atom. The van der Waals surface area contributed by atoms with E-state index in [9.17, 15) is 40.5 Å². The van der Waals surface area contributed by atoms with E-state index >= 15 is 0 Å². The number of hydrogen-bond acceptors (Lipinski definition) is 12. The molecule has 0 fully saturated rings. The van der Waals surface area contributed by atoms with Gasteiger partial charge in [0.1, 0.15) is 20.1 Å². The van der Waals surface area contributed by atoms with Crippen molar-refractivity contribution in [3.05, 3.63) is 133 Å². The second-order valence-electron chi connectivity index (χ2n) is 7.87. The molecule has 232 valence electrons. The summed E-state index contributed by atoms with van der Waals surface area (Å²) in [6.07, 6.45) is 0. The molecule has 0 atom stereocenters. The highest BCUT2D eigenvalue weighted by molar-refractivity contribution is 6.33. The van der Waals surface area contributed by atoms with Crippen molar-refractivity contribution >= 4 is 91.9 Å². The summed E-state index contributed by atoms with van der Waals surface area (Å²) in [4.78, 5) is 38.7. The van der Waals surface area contributed by atoms with Gasteiger partial charge in [0.15, 0.2) is 0 Å². The van der Waals surface area contributed by atoms with E-state index in [1.165, 1.54) is 72.8 Å². The van der Waals surface area contributed by atoms with Crippen LogP contribution in [0.1, 0.15) is 0 Å². The molecular formula is C24H20Cl4N8O8. The van der Waals surface area contributed by atoms with Gasteiger partial charge in [-0.05, 0) is 48.5 Å². The van der Waals surface area contributed by atoms with E-state index in [0.717, 1.165) is 0 Å². The van der Waals surface area contributed by atoms with Crippen molar-refractivity contribution in [2.45, 2.75) is 0 Å². The first-order chi connectivity index (χ1) is 20.4. The average Bonchev–Trinajstić information content (AvgIpc) is 2.94. The van der Waals surface area contributed by atoms with Crippen LogP contribution in [0.5, 0.6) is 0 Å². The molecule has 44 heavy (non-hydrogen) atoms. The number of halogens is 4. The molecule has 0 aliphatic carbocycles. The van der Waals surface area contributed by atoms with Crippen molar-refractivity contribution in [2.75, 3.05) is 22.9 Å². The third-order valence-corrected chi connectivity index (χ3v) is 5.95. The molecule has 0 heterocycles. The topological polar surface area (TPSA) is 277 Å². The summed E-state index contributed by atoms with van der Waals surface area (Å²) in [5, 5.41) is 41.4. The van der Waals surface area contributed by atoms with Crippen molar-refractivity contribution in [1.29, 1.82) is 0 Å². The van der Waals surface area contributed by atoms with E-state index in [4.69, 9.17) is 69.3 Å². The van der Waals surface area contributed by atoms with Crippen LogP contribution in [0.3, 0.4) is 0 Å². The number of hydrogen-bond donors (Lipinski definition) is 4. The van der Waals surface area contributed by atoms with Crippen LogP contribution in [0.2, 0.25) is 20.1 Å². The Morgan fingerprint density at radius 3 is 0.659 bits per heavy atom. The molecule has 0 amide bonds. The van der Waals surface area contributed by atoms with Gasteiger partial charge in [0.05, 0.1) is 19.7 Å². The van der Waals surface area contributed by atoms with Gasteiger partial charge in [-0.1, -0.05) is 46.4 Å². The van der Waals surface area contributed by atoms with Crippen LogP contribution in [0.4, 0.5) is 45.5 Å². The number of benzene rings is 4. The van der Waals surface area contributed by atoms with Crippen molar-refractivity contribution in [2.24, 2.45) is 0 Å². The van der Waals surface area contributed by atoms with Gasteiger partial charge in [-0.15, -0.1) is 0 Å². The van der Waals surface area contributed by atoms with Crippen LogP contribution < -0.4 is 22.9 Å². The molecule has 0 bridgehead atoms. The Labute approximate surface area is 267 Å². The molecule has 0 radical (unpaired) electrons. The maximum absolute atomic E-state index is 10.2. The lowest BCUT2D eigenvalue weighted by Crippen LogP contribution is -1.91. The quantitative estimate of drug-likeness (QED) is 0.0931. The van der Waals surface area contributed by atoms with Crippen molar-refractivity contribution in [3.63, 3.8) is 0 Å². The standard InChI is InChI=1S/4C6H5ClN2O2/c4*7-5-2-1-4(8)3-6(5)9(10)11/h4*1-3H,8H2. The summed E-state index contributed by atoms with van der Waals surface area (Å²) in [6.45, 7) is 0. The van der Waals surface area contributed by atoms with Crippen LogP contribution in [-0.2, 0) is 0 Å². The lowest BCUT2D eigenvalue weighted by molar-refractivity contribution is -0.384. The Kier molecular flexibility index (Phi) is 14.3. The van der Waals surface area contributed by atoms with Gasteiger partial charge < -0.3 is 22.9 Å². The SMILES string of the molecule is Nc1ccc(Cl)c([N+](=O)[O-])c1.Nc1ccc(Cl)c([N+](=O)[O-])c1.Nc1ccc(Cl)c([N+](=O)[O-])c1.Nc1ccc(Cl)c([N+](=O)[O-])c1. The van der Waals surface area contributed by atoms with E-state index in [-0.39, 0.29) is 42.8 Å². The minimum Gasteiger partial charge on any atom is -0.399 e. The summed E-state index contributed by atoms with van der Waals surface area (Å²) in [6, 6.07) is 16.5. The van der Waals surface area contributed by atoms with Crippen LogP contribution in [0, 0.1) is 40.5 Å². The van der Waals surface area contributed by atoms with Crippen LogP contribution in [-0.4, -0.2) is 19.7 Å². The first kappa shape index (κ1) is 36.9. The third-order valence-electron chi connectivity index (χ3n) is 4.67. The molecule has 16 nitrogen and oxygen atoms in total. The van der Waals surface area contributed by atoms with Crippen molar-refractivity contribution in [1.82, 2.24) is 0 Å². The second kappa shape index (κ2) is 17.1. The van der Waals surface area contributed by atoms with Gasteiger partial charge in [0.2, 0.25) is 0 Å². The number of nitrogens with two attached hydrogens (primary N) is 4. The zero-order valence-corrected chi connectivity index (χ0v) is 24.8. The fourth-order valence-electron chi connectivity index (χ4n) is 2.68. The van der Waals surface area contributed by atoms with Crippen molar-refractivity contribution < 1.29 is 19.7 Å². The normalized spacial score (nSPS) is 9.55. The molecule has 0 saturated carbocycles. The van der Waals surface area contributed by atoms with Crippen LogP contribution >= 0.6 is 46.4 Å². The van der Waals surface area contributed by atoms with Gasteiger partial charge in [0.25, 0.3) is 22.7 Å². The van der Waals surface area contributed by atoms with E-state index in [2.05, 4.69) is 0 Å². The maximum atomic E-state index is 10.2. The Bertz CT molecular complexity index is 1450. The Morgan fingerprint density at radius 1 is 0.386 bits per heavy atom. The summed E-state index contributed by atoms with van der Waals surface area (Å²) in [7, 11) is 0. The molecule has 0 unspecified atom stereocenters. The van der Waals surface area contributed by atoms with Crippen LogP contribution in [0.25, 0.3) is 0 Å². The first-order valence-electron chi connectivity index (χ1n) is 11.2. The molecule has 0 spiro atoms. The van der Waals surface area contributed by atoms with E-state index < -0.39 is 19.7 Å². The predicted molar refractivity (Wildman–Crippen MR) is 170 cm³/mol. The maximum Gasteiger partial charge on any atom is 0.289 e. The highest BCUT2D eigenvalue weighted by atomic mass is 35.5. The minimum atomic E-state index is -0.571. The second-order valence-corrected chi connectivity index (χ2v) is 9.50. The fourth-order valence-corrected chi connectivity index (χ4v) is 3.42. The van der Waals surface area contributed by atoms with E-state index in [1.807, 2.05) is 0 Å². The lowest BCUT2D eigenvalue weighted by atomic mass is 10.3. The van der Waals surface area contributed by atoms with Crippen molar-refractivity contribution in [3.8, 4) is 0 Å². The fraction of sp³-hybridized carbons (Fsp3) is 0. The summed E-state index contributed by atoms with van der Waals surface area (Å²) in [5.41, 5.74) is 21.9. The Balaban J connectivity index is 0.000000293. The summed E-state index contributed by atoms with van der Waals surface area (Å²) >= 11 is 22.0. The van der Waals surface area contributed by atoms with Gasteiger partial charge in [-0.3, -0.25) is 40.5 Å². The molecular weight excluding hydrogens is 670 g/mol. The van der Waals surface area contributed by atoms with E-state index in [1.54, 1.807) is 0 Å². The van der Waals surface area contributed by atoms with Gasteiger partial charge in [-0.2, -0.15) is 0 Å².